The minimum absolute atomic E-state index is 0.0547. The molecule has 0 atom stereocenters. The molecule has 1 heterocycles. The summed E-state index contributed by atoms with van der Waals surface area (Å²) in [7, 11) is 0. The lowest BCUT2D eigenvalue weighted by Crippen LogP contribution is -2.32. The second-order valence-corrected chi connectivity index (χ2v) is 4.73. The van der Waals surface area contributed by atoms with Crippen LogP contribution in [0.4, 0.5) is 18.9 Å². The predicted octanol–water partition coefficient (Wildman–Crippen LogP) is 3.53. The summed E-state index contributed by atoms with van der Waals surface area (Å²) >= 11 is 5.97. The van der Waals surface area contributed by atoms with Crippen molar-refractivity contribution >= 4 is 17.3 Å². The van der Waals surface area contributed by atoms with E-state index in [0.717, 1.165) is 0 Å². The SMILES string of the molecule is OCc1c(Cl)cccc1N1CC=C(C(F)(F)F)CC1. The molecule has 2 rings (SSSR count). The average molecular weight is 292 g/mol. The second kappa shape index (κ2) is 5.43. The summed E-state index contributed by atoms with van der Waals surface area (Å²) in [6, 6.07) is 5.13. The first-order valence-corrected chi connectivity index (χ1v) is 6.20. The van der Waals surface area contributed by atoms with Gasteiger partial charge >= 0.3 is 6.18 Å². The van der Waals surface area contributed by atoms with Crippen LogP contribution in [0.3, 0.4) is 0 Å². The summed E-state index contributed by atoms with van der Waals surface area (Å²) in [5, 5.41) is 9.73. The number of nitrogens with zero attached hydrogens (tertiary/aromatic N) is 1. The number of hydrogen-bond acceptors (Lipinski definition) is 2. The Morgan fingerprint density at radius 3 is 2.58 bits per heavy atom. The zero-order valence-electron chi connectivity index (χ0n) is 10.0. The van der Waals surface area contributed by atoms with Crippen LogP contribution >= 0.6 is 11.6 Å². The van der Waals surface area contributed by atoms with Crippen LogP contribution in [0.25, 0.3) is 0 Å². The van der Waals surface area contributed by atoms with E-state index in [1.807, 2.05) is 0 Å². The van der Waals surface area contributed by atoms with Gasteiger partial charge in [-0.25, -0.2) is 0 Å². The Kier molecular flexibility index (Phi) is 4.06. The Balaban J connectivity index is 2.23. The molecule has 6 heteroatoms. The highest BCUT2D eigenvalue weighted by molar-refractivity contribution is 6.31. The van der Waals surface area contributed by atoms with Gasteiger partial charge in [0.05, 0.1) is 6.61 Å². The number of anilines is 1. The maximum atomic E-state index is 12.5. The second-order valence-electron chi connectivity index (χ2n) is 4.32. The van der Waals surface area contributed by atoms with Crippen molar-refractivity contribution in [2.75, 3.05) is 18.0 Å². The zero-order chi connectivity index (χ0) is 14.0. The van der Waals surface area contributed by atoms with Gasteiger partial charge in [-0.1, -0.05) is 23.7 Å². The maximum absolute atomic E-state index is 12.5. The summed E-state index contributed by atoms with van der Waals surface area (Å²) < 4.78 is 37.6. The zero-order valence-corrected chi connectivity index (χ0v) is 10.8. The lowest BCUT2D eigenvalue weighted by molar-refractivity contribution is -0.0944. The predicted molar refractivity (Wildman–Crippen MR) is 68.3 cm³/mol. The molecule has 0 saturated heterocycles. The van der Waals surface area contributed by atoms with Crippen LogP contribution in [0.1, 0.15) is 12.0 Å². The van der Waals surface area contributed by atoms with Crippen molar-refractivity contribution in [3.05, 3.63) is 40.4 Å². The maximum Gasteiger partial charge on any atom is 0.412 e. The van der Waals surface area contributed by atoms with Gasteiger partial charge in [0, 0.05) is 34.9 Å². The van der Waals surface area contributed by atoms with E-state index < -0.39 is 11.7 Å². The van der Waals surface area contributed by atoms with Crippen molar-refractivity contribution < 1.29 is 18.3 Å². The lowest BCUT2D eigenvalue weighted by atomic mass is 10.1. The number of aliphatic hydroxyl groups is 1. The van der Waals surface area contributed by atoms with E-state index >= 15 is 0 Å². The number of halogens is 4. The van der Waals surface area contributed by atoms with Gasteiger partial charge in [-0.3, -0.25) is 0 Å². The molecule has 1 aliphatic heterocycles. The summed E-state index contributed by atoms with van der Waals surface area (Å²) in [5.41, 5.74) is 0.747. The first-order chi connectivity index (χ1) is 8.93. The average Bonchev–Trinajstić information content (AvgIpc) is 2.37. The molecule has 1 N–H and O–H groups in total. The topological polar surface area (TPSA) is 23.5 Å². The fourth-order valence-electron chi connectivity index (χ4n) is 2.15. The van der Waals surface area contributed by atoms with E-state index in [-0.39, 0.29) is 26.1 Å². The van der Waals surface area contributed by atoms with Gasteiger partial charge in [0.15, 0.2) is 0 Å². The third-order valence-electron chi connectivity index (χ3n) is 3.17. The molecule has 0 aromatic heterocycles. The molecule has 0 fully saturated rings. The number of hydrogen-bond donors (Lipinski definition) is 1. The Labute approximate surface area is 114 Å². The van der Waals surface area contributed by atoms with Crippen LogP contribution in [0, 0.1) is 0 Å². The van der Waals surface area contributed by atoms with Crippen molar-refractivity contribution in [1.82, 2.24) is 0 Å². The fourth-order valence-corrected chi connectivity index (χ4v) is 2.37. The molecule has 0 saturated carbocycles. The highest BCUT2D eigenvalue weighted by Crippen LogP contribution is 2.33. The Hall–Kier alpha value is -1.20. The molecule has 0 aliphatic carbocycles. The summed E-state index contributed by atoms with van der Waals surface area (Å²) in [4.78, 5) is 1.78. The molecule has 0 unspecified atom stereocenters. The molecule has 1 aromatic rings. The van der Waals surface area contributed by atoms with Gasteiger partial charge in [-0.2, -0.15) is 13.2 Å². The monoisotopic (exact) mass is 291 g/mol. The van der Waals surface area contributed by atoms with E-state index in [9.17, 15) is 18.3 Å². The molecular weight excluding hydrogens is 279 g/mol. The highest BCUT2D eigenvalue weighted by atomic mass is 35.5. The lowest BCUT2D eigenvalue weighted by Gasteiger charge is -2.30. The molecule has 1 aromatic carbocycles. The molecule has 19 heavy (non-hydrogen) atoms. The van der Waals surface area contributed by atoms with E-state index in [4.69, 9.17) is 11.6 Å². The fraction of sp³-hybridized carbons (Fsp3) is 0.385. The molecule has 2 nitrogen and oxygen atoms in total. The van der Waals surface area contributed by atoms with Gasteiger partial charge in [0.2, 0.25) is 0 Å². The summed E-state index contributed by atoms with van der Waals surface area (Å²) in [6.45, 7) is 0.197. The number of benzene rings is 1. The third-order valence-corrected chi connectivity index (χ3v) is 3.52. The first kappa shape index (κ1) is 14.2. The van der Waals surface area contributed by atoms with Crippen LogP contribution < -0.4 is 4.90 Å². The quantitative estimate of drug-likeness (QED) is 0.843. The van der Waals surface area contributed by atoms with Crippen LogP contribution in [0.5, 0.6) is 0 Å². The normalized spacial score (nSPS) is 16.5. The number of alkyl halides is 3. The smallest absolute Gasteiger partial charge is 0.392 e. The van der Waals surface area contributed by atoms with E-state index in [1.54, 1.807) is 23.1 Å². The van der Waals surface area contributed by atoms with Gasteiger partial charge in [0.25, 0.3) is 0 Å². The Morgan fingerprint density at radius 1 is 1.32 bits per heavy atom. The summed E-state index contributed by atoms with van der Waals surface area (Å²) in [5.74, 6) is 0. The van der Waals surface area contributed by atoms with Gasteiger partial charge in [-0.05, 0) is 18.6 Å². The molecular formula is C13H13ClF3NO. The van der Waals surface area contributed by atoms with E-state index in [1.165, 1.54) is 6.08 Å². The largest absolute Gasteiger partial charge is 0.412 e. The minimum atomic E-state index is -4.25. The molecule has 104 valence electrons. The van der Waals surface area contributed by atoms with Crippen molar-refractivity contribution in [3.63, 3.8) is 0 Å². The van der Waals surface area contributed by atoms with Gasteiger partial charge < -0.3 is 10.0 Å². The molecule has 0 amide bonds. The van der Waals surface area contributed by atoms with Crippen LogP contribution in [-0.2, 0) is 6.61 Å². The molecule has 1 aliphatic rings. The minimum Gasteiger partial charge on any atom is -0.392 e. The molecule has 0 bridgehead atoms. The summed E-state index contributed by atoms with van der Waals surface area (Å²) in [6.07, 6.45) is -3.12. The Bertz CT molecular complexity index is 499. The number of rotatable bonds is 2. The standard InChI is InChI=1S/C13H13ClF3NO/c14-11-2-1-3-12(10(11)8-19)18-6-4-9(5-7-18)13(15,16)17/h1-4,19H,5-8H2. The first-order valence-electron chi connectivity index (χ1n) is 5.83. The van der Waals surface area contributed by atoms with Gasteiger partial charge in [0.1, 0.15) is 0 Å². The van der Waals surface area contributed by atoms with E-state index in [0.29, 0.717) is 16.3 Å². The number of aliphatic hydroxyl groups excluding tert-OH is 1. The molecule has 0 spiro atoms. The van der Waals surface area contributed by atoms with Crippen molar-refractivity contribution in [1.29, 1.82) is 0 Å². The van der Waals surface area contributed by atoms with Crippen LogP contribution in [0.2, 0.25) is 5.02 Å². The van der Waals surface area contributed by atoms with Crippen LogP contribution in [-0.4, -0.2) is 24.4 Å². The van der Waals surface area contributed by atoms with Crippen molar-refractivity contribution in [2.24, 2.45) is 0 Å². The van der Waals surface area contributed by atoms with Crippen molar-refractivity contribution in [2.45, 2.75) is 19.2 Å². The van der Waals surface area contributed by atoms with Crippen molar-refractivity contribution in [3.8, 4) is 0 Å². The highest BCUT2D eigenvalue weighted by Gasteiger charge is 2.35. The Morgan fingerprint density at radius 2 is 2.05 bits per heavy atom. The van der Waals surface area contributed by atoms with Gasteiger partial charge in [-0.15, -0.1) is 0 Å². The molecule has 0 radical (unpaired) electrons. The van der Waals surface area contributed by atoms with E-state index in [2.05, 4.69) is 0 Å². The van der Waals surface area contributed by atoms with Crippen LogP contribution in [0.15, 0.2) is 29.8 Å². The third kappa shape index (κ3) is 3.04.